The lowest BCUT2D eigenvalue weighted by molar-refractivity contribution is -0.00541. The van der Waals surface area contributed by atoms with Crippen molar-refractivity contribution in [2.45, 2.75) is 58.2 Å². The van der Waals surface area contributed by atoms with Crippen molar-refractivity contribution in [2.24, 2.45) is 0 Å². The van der Waals surface area contributed by atoms with Gasteiger partial charge >= 0.3 is 6.09 Å². The molecular weight excluding hydrogens is 216 g/mol. The molecule has 2 aliphatic heterocycles. The molecule has 2 aliphatic rings. The van der Waals surface area contributed by atoms with Crippen molar-refractivity contribution >= 4 is 6.09 Å². The molecule has 2 heterocycles. The number of piperazine rings is 1. The number of amides is 1. The van der Waals surface area contributed by atoms with Crippen LogP contribution in [-0.2, 0) is 4.74 Å². The predicted molar refractivity (Wildman–Crippen MR) is 67.0 cm³/mol. The first-order valence-corrected chi connectivity index (χ1v) is 6.60. The summed E-state index contributed by atoms with van der Waals surface area (Å²) in [4.78, 5) is 16.5. The molecule has 0 bridgehead atoms. The van der Waals surface area contributed by atoms with E-state index < -0.39 is 5.60 Å². The van der Waals surface area contributed by atoms with Crippen LogP contribution in [0.25, 0.3) is 0 Å². The van der Waals surface area contributed by atoms with Crippen LogP contribution in [0, 0.1) is 0 Å². The van der Waals surface area contributed by atoms with Crippen LogP contribution >= 0.6 is 0 Å². The lowest BCUT2D eigenvalue weighted by Crippen LogP contribution is -2.57. The zero-order valence-corrected chi connectivity index (χ0v) is 11.4. The molecule has 0 radical (unpaired) electrons. The first-order chi connectivity index (χ1) is 7.87. The Morgan fingerprint density at radius 1 is 1.29 bits per heavy atom. The van der Waals surface area contributed by atoms with Crippen LogP contribution in [0.15, 0.2) is 0 Å². The molecule has 2 fully saturated rings. The zero-order valence-electron chi connectivity index (χ0n) is 11.4. The first kappa shape index (κ1) is 12.7. The summed E-state index contributed by atoms with van der Waals surface area (Å²) in [5.74, 6) is 0. The maximum atomic E-state index is 12.1. The van der Waals surface area contributed by atoms with Gasteiger partial charge in [-0.3, -0.25) is 4.90 Å². The van der Waals surface area contributed by atoms with Crippen molar-refractivity contribution < 1.29 is 9.53 Å². The predicted octanol–water partition coefficient (Wildman–Crippen LogP) is 2.09. The molecule has 0 spiro atoms. The summed E-state index contributed by atoms with van der Waals surface area (Å²) in [7, 11) is 0. The number of fused-ring (bicyclic) bond motifs is 1. The molecule has 0 saturated carbocycles. The van der Waals surface area contributed by atoms with E-state index in [1.165, 1.54) is 19.4 Å². The summed E-state index contributed by atoms with van der Waals surface area (Å²) in [6.45, 7) is 10.9. The number of ether oxygens (including phenoxy) is 1. The molecule has 0 aromatic rings. The molecule has 0 aliphatic carbocycles. The highest BCUT2D eigenvalue weighted by atomic mass is 16.6. The van der Waals surface area contributed by atoms with Crippen LogP contribution in [0.2, 0.25) is 0 Å². The Kier molecular flexibility index (Phi) is 3.34. The summed E-state index contributed by atoms with van der Waals surface area (Å²) in [5, 5.41) is 0. The first-order valence-electron chi connectivity index (χ1n) is 6.60. The molecule has 0 N–H and O–H groups in total. The van der Waals surface area contributed by atoms with E-state index >= 15 is 0 Å². The monoisotopic (exact) mass is 240 g/mol. The van der Waals surface area contributed by atoms with Crippen molar-refractivity contribution in [1.82, 2.24) is 9.80 Å². The second-order valence-corrected chi connectivity index (χ2v) is 6.27. The van der Waals surface area contributed by atoms with Gasteiger partial charge in [0.2, 0.25) is 0 Å². The van der Waals surface area contributed by atoms with Gasteiger partial charge in [-0.2, -0.15) is 0 Å². The Hall–Kier alpha value is -0.770. The third-order valence-corrected chi connectivity index (χ3v) is 3.57. The third kappa shape index (κ3) is 2.92. The van der Waals surface area contributed by atoms with Gasteiger partial charge in [0.25, 0.3) is 0 Å². The van der Waals surface area contributed by atoms with E-state index in [1.54, 1.807) is 0 Å². The van der Waals surface area contributed by atoms with E-state index in [4.69, 9.17) is 4.74 Å². The average molecular weight is 240 g/mol. The minimum absolute atomic E-state index is 0.156. The topological polar surface area (TPSA) is 32.8 Å². The van der Waals surface area contributed by atoms with Crippen LogP contribution in [0.1, 0.15) is 40.5 Å². The van der Waals surface area contributed by atoms with Crippen LogP contribution in [0.4, 0.5) is 4.79 Å². The van der Waals surface area contributed by atoms with Crippen molar-refractivity contribution in [1.29, 1.82) is 0 Å². The number of hydrogen-bond donors (Lipinski definition) is 0. The second-order valence-electron chi connectivity index (χ2n) is 6.27. The maximum absolute atomic E-state index is 12.1. The molecular formula is C13H24N2O2. The molecule has 98 valence electrons. The van der Waals surface area contributed by atoms with E-state index in [1.807, 2.05) is 25.7 Å². The van der Waals surface area contributed by atoms with E-state index in [2.05, 4.69) is 11.8 Å². The van der Waals surface area contributed by atoms with Gasteiger partial charge in [0.15, 0.2) is 0 Å². The molecule has 2 rings (SSSR count). The standard InChI is InChI=1S/C13H24N2O2/c1-10-8-14-7-5-6-11(14)9-15(10)12(16)17-13(2,3)4/h10-11H,5-9H2,1-4H3. The second kappa shape index (κ2) is 4.48. The van der Waals surface area contributed by atoms with Gasteiger partial charge in [-0.1, -0.05) is 0 Å². The number of rotatable bonds is 0. The quantitative estimate of drug-likeness (QED) is 0.650. The molecule has 2 unspecified atom stereocenters. The van der Waals surface area contributed by atoms with Gasteiger partial charge in [0, 0.05) is 25.2 Å². The number of hydrogen-bond acceptors (Lipinski definition) is 3. The third-order valence-electron chi connectivity index (χ3n) is 3.57. The van der Waals surface area contributed by atoms with Crippen LogP contribution in [-0.4, -0.2) is 53.2 Å². The van der Waals surface area contributed by atoms with Gasteiger partial charge in [-0.05, 0) is 47.1 Å². The highest BCUT2D eigenvalue weighted by Crippen LogP contribution is 2.25. The van der Waals surface area contributed by atoms with Crippen molar-refractivity contribution in [2.75, 3.05) is 19.6 Å². The van der Waals surface area contributed by atoms with E-state index in [0.717, 1.165) is 13.1 Å². The lowest BCUT2D eigenvalue weighted by Gasteiger charge is -2.42. The number of carbonyl (C=O) groups excluding carboxylic acids is 1. The minimum atomic E-state index is -0.399. The Labute approximate surface area is 104 Å². The van der Waals surface area contributed by atoms with Gasteiger partial charge in [0.1, 0.15) is 5.60 Å². The fourth-order valence-electron chi connectivity index (χ4n) is 2.76. The molecule has 0 aromatic carbocycles. The largest absolute Gasteiger partial charge is 0.444 e. The van der Waals surface area contributed by atoms with Crippen molar-refractivity contribution in [3.63, 3.8) is 0 Å². The maximum Gasteiger partial charge on any atom is 0.410 e. The minimum Gasteiger partial charge on any atom is -0.444 e. The van der Waals surface area contributed by atoms with Gasteiger partial charge in [-0.25, -0.2) is 4.79 Å². The lowest BCUT2D eigenvalue weighted by atomic mass is 10.1. The molecule has 0 aromatic heterocycles. The Balaban J connectivity index is 1.98. The number of carbonyl (C=O) groups is 1. The molecule has 2 atom stereocenters. The normalized spacial score (nSPS) is 30.2. The Bertz CT molecular complexity index is 298. The van der Waals surface area contributed by atoms with E-state index in [9.17, 15) is 4.79 Å². The smallest absolute Gasteiger partial charge is 0.410 e. The summed E-state index contributed by atoms with van der Waals surface area (Å²) < 4.78 is 5.46. The van der Waals surface area contributed by atoms with E-state index in [0.29, 0.717) is 6.04 Å². The summed E-state index contributed by atoms with van der Waals surface area (Å²) in [6.07, 6.45) is 2.32. The fraction of sp³-hybridized carbons (Fsp3) is 0.923. The molecule has 4 heteroatoms. The van der Waals surface area contributed by atoms with Gasteiger partial charge < -0.3 is 9.64 Å². The van der Waals surface area contributed by atoms with Crippen LogP contribution in [0.3, 0.4) is 0 Å². The van der Waals surface area contributed by atoms with Crippen LogP contribution in [0.5, 0.6) is 0 Å². The highest BCUT2D eigenvalue weighted by molar-refractivity contribution is 5.68. The van der Waals surface area contributed by atoms with Crippen molar-refractivity contribution in [3.05, 3.63) is 0 Å². The Morgan fingerprint density at radius 2 is 2.00 bits per heavy atom. The summed E-state index contributed by atoms with van der Waals surface area (Å²) in [5.41, 5.74) is -0.399. The molecule has 17 heavy (non-hydrogen) atoms. The van der Waals surface area contributed by atoms with Crippen molar-refractivity contribution in [3.8, 4) is 0 Å². The van der Waals surface area contributed by atoms with Gasteiger partial charge in [0.05, 0.1) is 0 Å². The van der Waals surface area contributed by atoms with E-state index in [-0.39, 0.29) is 12.1 Å². The molecule has 1 amide bonds. The molecule has 2 saturated heterocycles. The summed E-state index contributed by atoms with van der Waals surface area (Å²) in [6, 6.07) is 0.818. The zero-order chi connectivity index (χ0) is 12.6. The summed E-state index contributed by atoms with van der Waals surface area (Å²) >= 11 is 0. The molecule has 4 nitrogen and oxygen atoms in total. The fourth-order valence-corrected chi connectivity index (χ4v) is 2.76. The Morgan fingerprint density at radius 3 is 2.65 bits per heavy atom. The SMILES string of the molecule is CC1CN2CCCC2CN1C(=O)OC(C)(C)C. The highest BCUT2D eigenvalue weighted by Gasteiger charge is 2.37. The van der Waals surface area contributed by atoms with Gasteiger partial charge in [-0.15, -0.1) is 0 Å². The number of nitrogens with zero attached hydrogens (tertiary/aromatic N) is 2. The van der Waals surface area contributed by atoms with Crippen LogP contribution < -0.4 is 0 Å². The average Bonchev–Trinajstić information content (AvgIpc) is 2.60.